The highest BCUT2D eigenvalue weighted by atomic mass is 32.1. The van der Waals surface area contributed by atoms with Crippen molar-refractivity contribution in [3.05, 3.63) is 58.6 Å². The van der Waals surface area contributed by atoms with Gasteiger partial charge in [0.25, 0.3) is 0 Å². The number of benzene rings is 1. The molecule has 3 aromatic rings. The van der Waals surface area contributed by atoms with Crippen LogP contribution < -0.4 is 0 Å². The fraction of sp³-hybridized carbons (Fsp3) is 0.263. The van der Waals surface area contributed by atoms with Gasteiger partial charge in [-0.3, -0.25) is 0 Å². The molecule has 2 heterocycles. The molecule has 8 nitrogen and oxygen atoms in total. The summed E-state index contributed by atoms with van der Waals surface area (Å²) in [6.07, 6.45) is 5.15. The lowest BCUT2D eigenvalue weighted by Crippen LogP contribution is -2.07. The van der Waals surface area contributed by atoms with E-state index < -0.39 is 5.97 Å². The number of fused-ring (bicyclic) bond motifs is 1. The van der Waals surface area contributed by atoms with Gasteiger partial charge in [-0.25, -0.2) is 14.3 Å². The minimum absolute atomic E-state index is 0.200. The summed E-state index contributed by atoms with van der Waals surface area (Å²) in [4.78, 5) is 23.7. The zero-order chi connectivity index (χ0) is 19.9. The first-order valence-corrected chi connectivity index (χ1v) is 9.28. The number of hydrogen-bond acceptors (Lipinski definition) is 8. The number of carbonyl (C=O) groups is 1. The number of hydrogen-bond donors (Lipinski definition) is 0. The first kappa shape index (κ1) is 19.6. The molecular formula is C19H20N4O4S. The number of aromatic nitrogens is 3. The van der Waals surface area contributed by atoms with Gasteiger partial charge in [0.05, 0.1) is 26.2 Å². The van der Waals surface area contributed by atoms with Crippen LogP contribution in [0, 0.1) is 6.92 Å². The van der Waals surface area contributed by atoms with Gasteiger partial charge in [-0.15, -0.1) is 0 Å². The van der Waals surface area contributed by atoms with E-state index in [1.165, 1.54) is 26.8 Å². The molecule has 1 aromatic carbocycles. The predicted octanol–water partition coefficient (Wildman–Crippen LogP) is 3.00. The molecule has 0 aliphatic rings. The standard InChI is InChI=1S/C19H20N4O4S/c1-13-17(23-19(28-13)20-12-21-23)8-9-22-27-10-14-6-4-5-7-15(14)16(11-25-2)18(24)26-3/h4-7,9,11-12H,8,10H2,1-3H3/b16-11+,22-9?. The molecule has 28 heavy (non-hydrogen) atoms. The third-order valence-corrected chi connectivity index (χ3v) is 5.03. The minimum atomic E-state index is -0.484. The van der Waals surface area contributed by atoms with E-state index in [-0.39, 0.29) is 6.61 Å². The lowest BCUT2D eigenvalue weighted by Gasteiger charge is -2.10. The predicted molar refractivity (Wildman–Crippen MR) is 106 cm³/mol. The molecule has 0 fully saturated rings. The maximum absolute atomic E-state index is 12.0. The van der Waals surface area contributed by atoms with Gasteiger partial charge >= 0.3 is 5.97 Å². The monoisotopic (exact) mass is 400 g/mol. The van der Waals surface area contributed by atoms with E-state index in [4.69, 9.17) is 14.3 Å². The summed E-state index contributed by atoms with van der Waals surface area (Å²) in [6, 6.07) is 7.36. The summed E-state index contributed by atoms with van der Waals surface area (Å²) in [7, 11) is 2.80. The highest BCUT2D eigenvalue weighted by molar-refractivity contribution is 7.17. The average molecular weight is 400 g/mol. The Bertz CT molecular complexity index is 1020. The Balaban J connectivity index is 1.67. The fourth-order valence-electron chi connectivity index (χ4n) is 2.70. The van der Waals surface area contributed by atoms with E-state index in [9.17, 15) is 4.79 Å². The molecule has 0 bridgehead atoms. The van der Waals surface area contributed by atoms with E-state index in [0.29, 0.717) is 17.6 Å². The Morgan fingerprint density at radius 1 is 1.32 bits per heavy atom. The molecule has 2 aromatic heterocycles. The Morgan fingerprint density at radius 2 is 2.14 bits per heavy atom. The molecule has 0 saturated carbocycles. The maximum atomic E-state index is 12.0. The van der Waals surface area contributed by atoms with Gasteiger partial charge in [-0.05, 0) is 12.5 Å². The second-order valence-corrected chi connectivity index (χ2v) is 6.92. The number of ether oxygens (including phenoxy) is 2. The van der Waals surface area contributed by atoms with Crippen LogP contribution in [-0.2, 0) is 32.1 Å². The molecule has 3 rings (SSSR count). The summed E-state index contributed by atoms with van der Waals surface area (Å²) in [5, 5.41) is 8.25. The number of aryl methyl sites for hydroxylation is 1. The lowest BCUT2D eigenvalue weighted by atomic mass is 10.0. The second-order valence-electron chi connectivity index (χ2n) is 5.74. The molecule has 0 N–H and O–H groups in total. The van der Waals surface area contributed by atoms with Gasteiger partial charge in [0.1, 0.15) is 18.5 Å². The van der Waals surface area contributed by atoms with E-state index in [2.05, 4.69) is 15.2 Å². The van der Waals surface area contributed by atoms with E-state index in [1.807, 2.05) is 25.1 Å². The largest absolute Gasteiger partial charge is 0.503 e. The second kappa shape index (κ2) is 9.14. The summed E-state index contributed by atoms with van der Waals surface area (Å²) in [5.41, 5.74) is 2.81. The van der Waals surface area contributed by atoms with E-state index in [0.717, 1.165) is 21.1 Å². The van der Waals surface area contributed by atoms with Gasteiger partial charge in [0.2, 0.25) is 4.96 Å². The molecule has 0 radical (unpaired) electrons. The lowest BCUT2D eigenvalue weighted by molar-refractivity contribution is -0.133. The summed E-state index contributed by atoms with van der Waals surface area (Å²) < 4.78 is 11.6. The van der Waals surface area contributed by atoms with Gasteiger partial charge in [-0.1, -0.05) is 40.8 Å². The number of oxime groups is 1. The Morgan fingerprint density at radius 3 is 2.93 bits per heavy atom. The topological polar surface area (TPSA) is 87.3 Å². The van der Waals surface area contributed by atoms with Crippen LogP contribution in [0.25, 0.3) is 10.5 Å². The minimum Gasteiger partial charge on any atom is -0.503 e. The molecule has 0 atom stereocenters. The van der Waals surface area contributed by atoms with Crippen LogP contribution in [0.5, 0.6) is 0 Å². The number of esters is 1. The SMILES string of the molecule is CO/C=C(/C(=O)OC)c1ccccc1CON=CCc1c(C)sc2ncnn12. The Kier molecular flexibility index (Phi) is 6.38. The van der Waals surface area contributed by atoms with Crippen LogP contribution in [0.1, 0.15) is 21.7 Å². The number of nitrogens with zero attached hydrogens (tertiary/aromatic N) is 4. The van der Waals surface area contributed by atoms with Crippen molar-refractivity contribution in [2.45, 2.75) is 20.0 Å². The van der Waals surface area contributed by atoms with Crippen molar-refractivity contribution in [3.8, 4) is 0 Å². The highest BCUT2D eigenvalue weighted by Crippen LogP contribution is 2.22. The molecule has 146 valence electrons. The molecule has 0 aliphatic heterocycles. The quantitative estimate of drug-likeness (QED) is 0.190. The number of carbonyl (C=O) groups excluding carboxylic acids is 1. The molecule has 0 spiro atoms. The summed E-state index contributed by atoms with van der Waals surface area (Å²) in [6.45, 7) is 2.23. The first-order valence-electron chi connectivity index (χ1n) is 8.47. The molecule has 0 unspecified atom stereocenters. The van der Waals surface area contributed by atoms with Gasteiger partial charge in [-0.2, -0.15) is 5.10 Å². The van der Waals surface area contributed by atoms with Gasteiger partial charge < -0.3 is 14.3 Å². The van der Waals surface area contributed by atoms with Crippen molar-refractivity contribution in [2.24, 2.45) is 5.16 Å². The first-order chi connectivity index (χ1) is 13.7. The number of methoxy groups -OCH3 is 2. The van der Waals surface area contributed by atoms with Crippen molar-refractivity contribution < 1.29 is 19.1 Å². The van der Waals surface area contributed by atoms with Crippen LogP contribution in [0.2, 0.25) is 0 Å². The number of rotatable bonds is 8. The zero-order valence-electron chi connectivity index (χ0n) is 15.8. The van der Waals surface area contributed by atoms with Crippen molar-refractivity contribution in [1.29, 1.82) is 0 Å². The van der Waals surface area contributed by atoms with Crippen LogP contribution in [0.4, 0.5) is 0 Å². The van der Waals surface area contributed by atoms with Crippen LogP contribution in [0.15, 0.2) is 42.0 Å². The van der Waals surface area contributed by atoms with Crippen molar-refractivity contribution in [3.63, 3.8) is 0 Å². The molecular weight excluding hydrogens is 380 g/mol. The number of thiazole rings is 1. The third-order valence-electron chi connectivity index (χ3n) is 4.03. The Hall–Kier alpha value is -3.20. The van der Waals surface area contributed by atoms with Crippen LogP contribution in [0.3, 0.4) is 0 Å². The molecule has 0 saturated heterocycles. The van der Waals surface area contributed by atoms with Crippen molar-refractivity contribution in [1.82, 2.24) is 14.6 Å². The summed E-state index contributed by atoms with van der Waals surface area (Å²) >= 11 is 1.59. The van der Waals surface area contributed by atoms with Crippen molar-refractivity contribution >= 4 is 34.1 Å². The third kappa shape index (κ3) is 4.20. The average Bonchev–Trinajstić information content (AvgIpc) is 3.27. The maximum Gasteiger partial charge on any atom is 0.341 e. The van der Waals surface area contributed by atoms with Crippen molar-refractivity contribution in [2.75, 3.05) is 14.2 Å². The molecule has 0 amide bonds. The zero-order valence-corrected chi connectivity index (χ0v) is 16.6. The van der Waals surface area contributed by atoms with E-state index >= 15 is 0 Å². The van der Waals surface area contributed by atoms with Gasteiger partial charge in [0.15, 0.2) is 0 Å². The van der Waals surface area contributed by atoms with E-state index in [1.54, 1.807) is 28.1 Å². The van der Waals surface area contributed by atoms with Crippen LogP contribution in [-0.4, -0.2) is 41.0 Å². The molecule has 9 heteroatoms. The van der Waals surface area contributed by atoms with Gasteiger partial charge in [0, 0.05) is 23.1 Å². The summed E-state index contributed by atoms with van der Waals surface area (Å²) in [5.74, 6) is -0.484. The normalized spacial score (nSPS) is 11.9. The highest BCUT2D eigenvalue weighted by Gasteiger charge is 2.16. The smallest absolute Gasteiger partial charge is 0.341 e. The Labute approximate surface area is 166 Å². The fourth-order valence-corrected chi connectivity index (χ4v) is 3.61. The van der Waals surface area contributed by atoms with Crippen LogP contribution >= 0.6 is 11.3 Å². The molecule has 0 aliphatic carbocycles.